The number of pyridine rings is 2. The van der Waals surface area contributed by atoms with E-state index >= 15 is 4.39 Å². The molecule has 9 heteroatoms. The Morgan fingerprint density at radius 2 is 1.80 bits per heavy atom. The van der Waals surface area contributed by atoms with E-state index in [-0.39, 0.29) is 24.0 Å². The second kappa shape index (κ2) is 9.41. The van der Waals surface area contributed by atoms with Crippen LogP contribution in [0.15, 0.2) is 50.6 Å². The molecule has 1 aliphatic heterocycles. The minimum absolute atomic E-state index is 0.0333. The quantitative estimate of drug-likeness (QED) is 0.289. The highest BCUT2D eigenvalue weighted by Gasteiger charge is 2.48. The van der Waals surface area contributed by atoms with Gasteiger partial charge < -0.3 is 0 Å². The SMILES string of the molecule is Cc1c(N=Cc2ncc(Br)cc2F)ccc2c1C[C@@H](C)N(CC1(F)CC1)C2c1ncc(Br)cc1F. The molecule has 5 rings (SSSR count). The summed E-state index contributed by atoms with van der Waals surface area (Å²) in [5, 5.41) is 0. The van der Waals surface area contributed by atoms with Gasteiger partial charge in [0.15, 0.2) is 5.82 Å². The summed E-state index contributed by atoms with van der Waals surface area (Å²) in [4.78, 5) is 15.0. The zero-order valence-electron chi connectivity index (χ0n) is 19.2. The van der Waals surface area contributed by atoms with Gasteiger partial charge in [0.1, 0.15) is 17.2 Å². The van der Waals surface area contributed by atoms with Crippen LogP contribution in [0.2, 0.25) is 0 Å². The molecule has 3 heterocycles. The lowest BCUT2D eigenvalue weighted by atomic mass is 9.83. The Balaban J connectivity index is 1.57. The fraction of sp³-hybridized carbons (Fsp3) is 0.346. The lowest BCUT2D eigenvalue weighted by Crippen LogP contribution is -2.46. The zero-order valence-corrected chi connectivity index (χ0v) is 22.4. The van der Waals surface area contributed by atoms with Gasteiger partial charge in [-0.1, -0.05) is 6.07 Å². The largest absolute Gasteiger partial charge is 0.285 e. The predicted octanol–water partition coefficient (Wildman–Crippen LogP) is 7.18. The summed E-state index contributed by atoms with van der Waals surface area (Å²) in [6.45, 7) is 4.23. The van der Waals surface area contributed by atoms with Crippen molar-refractivity contribution in [2.75, 3.05) is 6.54 Å². The molecule has 1 aliphatic carbocycles. The number of halogens is 5. The van der Waals surface area contributed by atoms with Crippen molar-refractivity contribution < 1.29 is 13.2 Å². The Morgan fingerprint density at radius 3 is 2.46 bits per heavy atom. The third-order valence-electron chi connectivity index (χ3n) is 6.81. The van der Waals surface area contributed by atoms with Crippen molar-refractivity contribution in [2.24, 2.45) is 4.99 Å². The maximum atomic E-state index is 15.2. The number of fused-ring (bicyclic) bond motifs is 1. The highest BCUT2D eigenvalue weighted by Crippen LogP contribution is 2.47. The van der Waals surface area contributed by atoms with Crippen molar-refractivity contribution in [1.82, 2.24) is 14.9 Å². The van der Waals surface area contributed by atoms with Gasteiger partial charge in [0.25, 0.3) is 0 Å². The van der Waals surface area contributed by atoms with Crippen molar-refractivity contribution in [3.63, 3.8) is 0 Å². The molecule has 35 heavy (non-hydrogen) atoms. The van der Waals surface area contributed by atoms with Crippen LogP contribution in [0.3, 0.4) is 0 Å². The molecular formula is C26H23Br2F3N4. The van der Waals surface area contributed by atoms with E-state index in [4.69, 9.17) is 0 Å². The molecular weight excluding hydrogens is 585 g/mol. The Labute approximate surface area is 219 Å². The average Bonchev–Trinajstić information content (AvgIpc) is 3.53. The molecule has 1 unspecified atom stereocenters. The van der Waals surface area contributed by atoms with Crippen LogP contribution in [0.1, 0.15) is 53.9 Å². The fourth-order valence-corrected chi connectivity index (χ4v) is 5.33. The van der Waals surface area contributed by atoms with Crippen molar-refractivity contribution >= 4 is 43.8 Å². The van der Waals surface area contributed by atoms with Crippen molar-refractivity contribution in [3.05, 3.63) is 85.3 Å². The first-order chi connectivity index (χ1) is 16.6. The summed E-state index contributed by atoms with van der Waals surface area (Å²) in [5.74, 6) is -0.908. The molecule has 1 fully saturated rings. The van der Waals surface area contributed by atoms with Crippen molar-refractivity contribution in [1.29, 1.82) is 0 Å². The molecule has 2 aromatic heterocycles. The number of hydrogen-bond acceptors (Lipinski definition) is 4. The van der Waals surface area contributed by atoms with E-state index in [0.29, 0.717) is 33.9 Å². The van der Waals surface area contributed by atoms with Gasteiger partial charge in [-0.15, -0.1) is 0 Å². The van der Waals surface area contributed by atoms with E-state index in [0.717, 1.165) is 16.7 Å². The monoisotopic (exact) mass is 606 g/mol. The van der Waals surface area contributed by atoms with Gasteiger partial charge in [0.05, 0.1) is 23.6 Å². The predicted molar refractivity (Wildman–Crippen MR) is 137 cm³/mol. The number of aromatic nitrogens is 2. The number of alkyl halides is 1. The topological polar surface area (TPSA) is 41.4 Å². The van der Waals surface area contributed by atoms with Crippen LogP contribution in [0.4, 0.5) is 18.9 Å². The first-order valence-electron chi connectivity index (χ1n) is 11.4. The van der Waals surface area contributed by atoms with Gasteiger partial charge in [0, 0.05) is 33.9 Å². The van der Waals surface area contributed by atoms with Gasteiger partial charge in [-0.2, -0.15) is 0 Å². The Bertz CT molecular complexity index is 1330. The number of benzene rings is 1. The fourth-order valence-electron chi connectivity index (χ4n) is 4.73. The average molecular weight is 608 g/mol. The normalized spacial score (nSPS) is 21.3. The molecule has 182 valence electrons. The number of aliphatic imine (C=N–C) groups is 1. The smallest absolute Gasteiger partial charge is 0.151 e. The van der Waals surface area contributed by atoms with Gasteiger partial charge in [0.2, 0.25) is 0 Å². The van der Waals surface area contributed by atoms with E-state index in [2.05, 4.69) is 46.8 Å². The van der Waals surface area contributed by atoms with E-state index in [1.807, 2.05) is 30.9 Å². The Morgan fingerprint density at radius 1 is 1.11 bits per heavy atom. The molecule has 2 atom stereocenters. The molecule has 0 radical (unpaired) electrons. The molecule has 0 saturated heterocycles. The zero-order chi connectivity index (χ0) is 24.9. The third kappa shape index (κ3) is 4.95. The minimum atomic E-state index is -1.23. The maximum absolute atomic E-state index is 15.2. The summed E-state index contributed by atoms with van der Waals surface area (Å²) in [7, 11) is 0. The van der Waals surface area contributed by atoms with Gasteiger partial charge in [-0.05, 0) is 99.9 Å². The lowest BCUT2D eigenvalue weighted by molar-refractivity contribution is 0.0945. The van der Waals surface area contributed by atoms with Crippen LogP contribution >= 0.6 is 31.9 Å². The van der Waals surface area contributed by atoms with E-state index in [1.54, 1.807) is 6.20 Å². The highest BCUT2D eigenvalue weighted by atomic mass is 79.9. The molecule has 0 amide bonds. The standard InChI is InChI=1S/C26H23Br2F3N4/c1-14-7-19-15(2)22(33-12-23-20(29)8-16(27)10-32-23)4-3-18(19)25(35(14)13-26(31)5-6-26)24-21(30)9-17(28)11-34-24/h3-4,8-12,14,25H,5-7,13H2,1-2H3/t14-,25?/m1/s1. The third-order valence-corrected chi connectivity index (χ3v) is 7.68. The first-order valence-corrected chi connectivity index (χ1v) is 13.0. The van der Waals surface area contributed by atoms with Gasteiger partial charge in [-0.25, -0.2) is 13.2 Å². The second-order valence-electron chi connectivity index (χ2n) is 9.36. The Kier molecular flexibility index (Phi) is 6.61. The molecule has 0 bridgehead atoms. The van der Waals surface area contributed by atoms with Crippen LogP contribution in [-0.4, -0.2) is 39.3 Å². The molecule has 0 spiro atoms. The van der Waals surface area contributed by atoms with Crippen LogP contribution in [-0.2, 0) is 6.42 Å². The second-order valence-corrected chi connectivity index (χ2v) is 11.2. The van der Waals surface area contributed by atoms with Gasteiger partial charge in [-0.3, -0.25) is 19.9 Å². The van der Waals surface area contributed by atoms with E-state index in [9.17, 15) is 8.78 Å². The minimum Gasteiger partial charge on any atom is -0.285 e. The summed E-state index contributed by atoms with van der Waals surface area (Å²) in [6, 6.07) is 5.93. The van der Waals surface area contributed by atoms with Gasteiger partial charge >= 0.3 is 0 Å². The molecule has 0 N–H and O–H groups in total. The van der Waals surface area contributed by atoms with Crippen LogP contribution in [0, 0.1) is 18.6 Å². The van der Waals surface area contributed by atoms with Crippen molar-refractivity contribution in [3.8, 4) is 0 Å². The highest BCUT2D eigenvalue weighted by molar-refractivity contribution is 9.10. The van der Waals surface area contributed by atoms with E-state index in [1.165, 1.54) is 24.5 Å². The van der Waals surface area contributed by atoms with Crippen LogP contribution in [0.25, 0.3) is 0 Å². The lowest BCUT2D eigenvalue weighted by Gasteiger charge is -2.43. The summed E-state index contributed by atoms with van der Waals surface area (Å²) in [5.41, 5.74) is 2.73. The molecule has 4 nitrogen and oxygen atoms in total. The first kappa shape index (κ1) is 24.6. The number of nitrogens with zero attached hydrogens (tertiary/aromatic N) is 4. The van der Waals surface area contributed by atoms with Crippen LogP contribution in [0.5, 0.6) is 0 Å². The van der Waals surface area contributed by atoms with Crippen molar-refractivity contribution in [2.45, 2.75) is 50.9 Å². The number of hydrogen-bond donors (Lipinski definition) is 0. The molecule has 3 aromatic rings. The summed E-state index contributed by atoms with van der Waals surface area (Å²) < 4.78 is 45.4. The van der Waals surface area contributed by atoms with E-state index < -0.39 is 23.3 Å². The van der Waals surface area contributed by atoms with Crippen LogP contribution < -0.4 is 0 Å². The molecule has 1 aromatic carbocycles. The summed E-state index contributed by atoms with van der Waals surface area (Å²) in [6.07, 6.45) is 6.22. The maximum Gasteiger partial charge on any atom is 0.151 e. The Hall–Kier alpha value is -2.10. The number of rotatable bonds is 5. The molecule has 2 aliphatic rings. The molecule has 1 saturated carbocycles. The summed E-state index contributed by atoms with van der Waals surface area (Å²) >= 11 is 6.48.